The summed E-state index contributed by atoms with van der Waals surface area (Å²) in [6.07, 6.45) is 4.32. The third-order valence-electron chi connectivity index (χ3n) is 6.49. The topological polar surface area (TPSA) is 99.1 Å². The molecular formula is C21H28NO7+. The van der Waals surface area contributed by atoms with E-state index in [1.165, 1.54) is 26.0 Å². The first-order valence-corrected chi connectivity index (χ1v) is 9.66. The lowest BCUT2D eigenvalue weighted by Gasteiger charge is -2.40. The number of hydrogen-bond donors (Lipinski definition) is 1. The lowest BCUT2D eigenvalue weighted by atomic mass is 9.88. The van der Waals surface area contributed by atoms with Gasteiger partial charge in [-0.1, -0.05) is 25.7 Å². The number of hydrogen-bond acceptors (Lipinski definition) is 7. The van der Waals surface area contributed by atoms with Gasteiger partial charge in [-0.25, -0.2) is 9.59 Å². The minimum Gasteiger partial charge on any atom is -0.458 e. The molecule has 0 aromatic heterocycles. The van der Waals surface area contributed by atoms with Gasteiger partial charge in [0.05, 0.1) is 24.7 Å². The molecule has 3 heterocycles. The number of carbonyl (C=O) groups is 3. The molecule has 29 heavy (non-hydrogen) atoms. The van der Waals surface area contributed by atoms with E-state index in [-0.39, 0.29) is 16.7 Å². The molecule has 1 fully saturated rings. The Morgan fingerprint density at radius 2 is 2.14 bits per heavy atom. The summed E-state index contributed by atoms with van der Waals surface area (Å²) in [7, 11) is 1.88. The summed E-state index contributed by atoms with van der Waals surface area (Å²) in [5.74, 6) is -2.75. The highest BCUT2D eigenvalue weighted by molar-refractivity contribution is 5.92. The van der Waals surface area contributed by atoms with Crippen molar-refractivity contribution in [2.75, 3.05) is 26.7 Å². The fourth-order valence-corrected chi connectivity index (χ4v) is 4.42. The van der Waals surface area contributed by atoms with E-state index in [1.54, 1.807) is 6.92 Å². The summed E-state index contributed by atoms with van der Waals surface area (Å²) in [5, 5.41) is 11.5. The fraction of sp³-hybridized carbons (Fsp3) is 0.571. The molecule has 0 aliphatic carbocycles. The molecule has 5 unspecified atom stereocenters. The van der Waals surface area contributed by atoms with E-state index in [1.807, 2.05) is 13.1 Å². The standard InChI is InChI=1S/C21H28NO7/c1-6-15-11-13(2)20(4,29-14(3)23)19(25)27-12-16-7-9-22(5)10-8-17(21(16,22)26)28-18(15)24/h6-7,11,13,17,26H,1,8-10,12H2,2-5H3/q+1. The largest absolute Gasteiger partial charge is 0.458 e. The molecule has 8 nitrogen and oxygen atoms in total. The molecule has 1 N–H and O–H groups in total. The maximum absolute atomic E-state index is 12.9. The molecule has 1 saturated heterocycles. The Balaban J connectivity index is 2.08. The summed E-state index contributed by atoms with van der Waals surface area (Å²) in [6, 6.07) is 0. The van der Waals surface area contributed by atoms with Crippen molar-refractivity contribution in [2.24, 2.45) is 5.92 Å². The summed E-state index contributed by atoms with van der Waals surface area (Å²) in [5.41, 5.74) is -2.54. The molecule has 0 aromatic rings. The van der Waals surface area contributed by atoms with Crippen molar-refractivity contribution in [1.82, 2.24) is 0 Å². The van der Waals surface area contributed by atoms with Crippen molar-refractivity contribution in [3.63, 3.8) is 0 Å². The lowest BCUT2D eigenvalue weighted by molar-refractivity contribution is -0.955. The molecule has 0 spiro atoms. The van der Waals surface area contributed by atoms with Crippen molar-refractivity contribution >= 4 is 17.9 Å². The van der Waals surface area contributed by atoms with E-state index in [4.69, 9.17) is 14.2 Å². The van der Waals surface area contributed by atoms with Crippen molar-refractivity contribution < 1.29 is 38.2 Å². The number of ether oxygens (including phenoxy) is 3. The first kappa shape index (κ1) is 21.3. The third-order valence-corrected chi connectivity index (χ3v) is 6.49. The molecule has 5 atom stereocenters. The summed E-state index contributed by atoms with van der Waals surface area (Å²) < 4.78 is 16.8. The van der Waals surface area contributed by atoms with Crippen molar-refractivity contribution in [2.45, 2.75) is 44.6 Å². The van der Waals surface area contributed by atoms with Crippen LogP contribution in [0.3, 0.4) is 0 Å². The average molecular weight is 406 g/mol. The molecule has 0 radical (unpaired) electrons. The van der Waals surface area contributed by atoms with Crippen LogP contribution in [0.5, 0.6) is 0 Å². The maximum atomic E-state index is 12.9. The van der Waals surface area contributed by atoms with E-state index in [9.17, 15) is 19.5 Å². The molecular weight excluding hydrogens is 378 g/mol. The van der Waals surface area contributed by atoms with Gasteiger partial charge < -0.3 is 19.3 Å². The predicted octanol–water partition coefficient (Wildman–Crippen LogP) is 1.00. The van der Waals surface area contributed by atoms with Crippen molar-refractivity contribution in [3.8, 4) is 0 Å². The summed E-state index contributed by atoms with van der Waals surface area (Å²) in [4.78, 5) is 37.4. The summed E-state index contributed by atoms with van der Waals surface area (Å²) >= 11 is 0. The van der Waals surface area contributed by atoms with Crippen molar-refractivity contribution in [3.05, 3.63) is 36.0 Å². The average Bonchev–Trinajstić information content (AvgIpc) is 3.04. The first-order valence-electron chi connectivity index (χ1n) is 9.66. The molecule has 3 rings (SSSR count). The van der Waals surface area contributed by atoms with Gasteiger partial charge in [-0.05, 0) is 13.0 Å². The minimum absolute atomic E-state index is 0.123. The molecule has 3 aliphatic rings. The second-order valence-corrected chi connectivity index (χ2v) is 8.33. The number of aliphatic hydroxyl groups is 1. The molecule has 158 valence electrons. The molecule has 0 amide bonds. The zero-order chi connectivity index (χ0) is 21.6. The van der Waals surface area contributed by atoms with Crippen LogP contribution in [0.25, 0.3) is 0 Å². The highest BCUT2D eigenvalue weighted by atomic mass is 16.6. The van der Waals surface area contributed by atoms with Crippen LogP contribution in [0.2, 0.25) is 0 Å². The second kappa shape index (κ2) is 7.11. The van der Waals surface area contributed by atoms with Crippen LogP contribution in [-0.2, 0) is 28.6 Å². The second-order valence-electron chi connectivity index (χ2n) is 8.33. The van der Waals surface area contributed by atoms with Crippen LogP contribution in [-0.4, -0.2) is 71.7 Å². The number of nitrogens with zero attached hydrogens (tertiary/aromatic N) is 1. The zero-order valence-corrected chi connectivity index (χ0v) is 17.3. The smallest absolute Gasteiger partial charge is 0.351 e. The number of cyclic esters (lactones) is 1. The van der Waals surface area contributed by atoms with Crippen molar-refractivity contribution in [1.29, 1.82) is 0 Å². The van der Waals surface area contributed by atoms with E-state index < -0.39 is 41.3 Å². The quantitative estimate of drug-likeness (QED) is 0.316. The van der Waals surface area contributed by atoms with Crippen LogP contribution < -0.4 is 0 Å². The molecule has 0 bridgehead atoms. The van der Waals surface area contributed by atoms with Crippen LogP contribution in [0, 0.1) is 5.92 Å². The van der Waals surface area contributed by atoms with Gasteiger partial charge in [0.1, 0.15) is 13.2 Å². The highest BCUT2D eigenvalue weighted by Crippen LogP contribution is 2.45. The van der Waals surface area contributed by atoms with E-state index >= 15 is 0 Å². The van der Waals surface area contributed by atoms with E-state index in [2.05, 4.69) is 6.58 Å². The number of carbonyl (C=O) groups excluding carboxylic acids is 3. The Hall–Kier alpha value is -2.45. The van der Waals surface area contributed by atoms with Crippen LogP contribution >= 0.6 is 0 Å². The van der Waals surface area contributed by atoms with Gasteiger partial charge in [-0.3, -0.25) is 9.28 Å². The first-order chi connectivity index (χ1) is 13.5. The number of quaternary nitrogens is 1. The Morgan fingerprint density at radius 3 is 2.76 bits per heavy atom. The van der Waals surface area contributed by atoms with Gasteiger partial charge >= 0.3 is 17.9 Å². The number of likely N-dealkylation sites (N-methyl/N-ethyl adjacent to an activating group) is 1. The molecule has 0 saturated carbocycles. The Bertz CT molecular complexity index is 831. The summed E-state index contributed by atoms with van der Waals surface area (Å²) in [6.45, 7) is 8.88. The Labute approximate surface area is 170 Å². The van der Waals surface area contributed by atoms with Gasteiger partial charge in [-0.2, -0.15) is 0 Å². The molecule has 3 aliphatic heterocycles. The maximum Gasteiger partial charge on any atom is 0.351 e. The number of esters is 3. The minimum atomic E-state index is -1.66. The normalized spacial score (nSPS) is 39.8. The zero-order valence-electron chi connectivity index (χ0n) is 17.3. The van der Waals surface area contributed by atoms with Gasteiger partial charge in [0.2, 0.25) is 5.60 Å². The third kappa shape index (κ3) is 3.20. The Kier molecular flexibility index (Phi) is 5.21. The molecule has 0 aromatic carbocycles. The SMILES string of the molecule is C=CC1=CC(C)C(C)(OC(C)=O)C(=O)OCC2=CC[N+]3(C)CCC(OC1=O)C23O. The van der Waals surface area contributed by atoms with E-state index in [0.29, 0.717) is 25.1 Å². The molecule has 8 heteroatoms. The monoisotopic (exact) mass is 406 g/mol. The highest BCUT2D eigenvalue weighted by Gasteiger charge is 2.65. The Morgan fingerprint density at radius 1 is 1.45 bits per heavy atom. The van der Waals surface area contributed by atoms with Gasteiger partial charge in [-0.15, -0.1) is 0 Å². The predicted molar refractivity (Wildman–Crippen MR) is 102 cm³/mol. The number of rotatable bonds is 2. The van der Waals surface area contributed by atoms with Crippen LogP contribution in [0.1, 0.15) is 27.2 Å². The lowest BCUT2D eigenvalue weighted by Crippen LogP contribution is -2.61. The fourth-order valence-electron chi connectivity index (χ4n) is 4.42. The van der Waals surface area contributed by atoms with Crippen LogP contribution in [0.15, 0.2) is 36.0 Å². The van der Waals surface area contributed by atoms with E-state index in [0.717, 1.165) is 0 Å². The van der Waals surface area contributed by atoms with Gasteiger partial charge in [0, 0.05) is 19.3 Å². The van der Waals surface area contributed by atoms with Gasteiger partial charge in [0.25, 0.3) is 5.72 Å². The van der Waals surface area contributed by atoms with Gasteiger partial charge in [0.15, 0.2) is 6.10 Å². The van der Waals surface area contributed by atoms with Crippen LogP contribution in [0.4, 0.5) is 0 Å².